The molecule has 16 heavy (non-hydrogen) atoms. The van der Waals surface area contributed by atoms with Gasteiger partial charge in [-0.25, -0.2) is 4.98 Å². The molecule has 0 radical (unpaired) electrons. The van der Waals surface area contributed by atoms with E-state index in [4.69, 9.17) is 10.5 Å². The first-order valence-electron chi connectivity index (χ1n) is 5.57. The van der Waals surface area contributed by atoms with E-state index in [1.165, 1.54) is 0 Å². The zero-order chi connectivity index (χ0) is 11.5. The second-order valence-electron chi connectivity index (χ2n) is 4.36. The van der Waals surface area contributed by atoms with Crippen molar-refractivity contribution in [1.82, 2.24) is 14.9 Å². The van der Waals surface area contributed by atoms with E-state index in [0.717, 1.165) is 25.4 Å². The van der Waals surface area contributed by atoms with E-state index < -0.39 is 0 Å². The number of nitrogens with two attached hydrogens (primary N) is 1. The van der Waals surface area contributed by atoms with Gasteiger partial charge in [0.25, 0.3) is 0 Å². The highest BCUT2D eigenvalue weighted by atomic mass is 16.5. The maximum atomic E-state index is 5.58. The number of aromatic nitrogens is 2. The molecule has 1 saturated heterocycles. The Morgan fingerprint density at radius 1 is 1.44 bits per heavy atom. The zero-order valence-electron chi connectivity index (χ0n) is 9.76. The van der Waals surface area contributed by atoms with Gasteiger partial charge in [-0.1, -0.05) is 0 Å². The van der Waals surface area contributed by atoms with Gasteiger partial charge in [-0.3, -0.25) is 9.88 Å². The van der Waals surface area contributed by atoms with E-state index >= 15 is 0 Å². The lowest BCUT2D eigenvalue weighted by atomic mass is 10.2. The molecule has 0 bridgehead atoms. The van der Waals surface area contributed by atoms with Gasteiger partial charge in [0.15, 0.2) is 0 Å². The monoisotopic (exact) mass is 222 g/mol. The van der Waals surface area contributed by atoms with Gasteiger partial charge in [-0.15, -0.1) is 0 Å². The highest BCUT2D eigenvalue weighted by Crippen LogP contribution is 2.14. The van der Waals surface area contributed by atoms with Crippen LogP contribution in [0.25, 0.3) is 0 Å². The van der Waals surface area contributed by atoms with Crippen molar-refractivity contribution in [2.45, 2.75) is 32.5 Å². The summed E-state index contributed by atoms with van der Waals surface area (Å²) in [5.74, 6) is 0.465. The van der Waals surface area contributed by atoms with Gasteiger partial charge in [0, 0.05) is 19.1 Å². The molecule has 0 amide bonds. The molecule has 1 aromatic heterocycles. The van der Waals surface area contributed by atoms with Crippen molar-refractivity contribution in [3.63, 3.8) is 0 Å². The molecule has 5 heteroatoms. The van der Waals surface area contributed by atoms with Crippen LogP contribution in [0.15, 0.2) is 12.4 Å². The van der Waals surface area contributed by atoms with Crippen molar-refractivity contribution in [1.29, 1.82) is 0 Å². The Bertz CT molecular complexity index is 340. The molecule has 2 atom stereocenters. The third-order valence-electron chi connectivity index (χ3n) is 2.83. The number of morpholine rings is 1. The van der Waals surface area contributed by atoms with Crippen molar-refractivity contribution in [2.75, 3.05) is 18.9 Å². The molecule has 5 nitrogen and oxygen atoms in total. The minimum Gasteiger partial charge on any atom is -0.382 e. The minimum atomic E-state index is 0.290. The second kappa shape index (κ2) is 4.76. The molecule has 0 aromatic carbocycles. The van der Waals surface area contributed by atoms with E-state index in [1.54, 1.807) is 12.4 Å². The van der Waals surface area contributed by atoms with E-state index in [0.29, 0.717) is 11.9 Å². The average Bonchev–Trinajstić information content (AvgIpc) is 2.27. The molecule has 0 spiro atoms. The molecule has 2 unspecified atom stereocenters. The second-order valence-corrected chi connectivity index (χ2v) is 4.36. The number of hydrogen-bond acceptors (Lipinski definition) is 5. The highest BCUT2D eigenvalue weighted by molar-refractivity contribution is 5.22. The molecule has 2 heterocycles. The SMILES string of the molecule is CC1CN(Cc2cnc(N)cn2)C(C)CO1. The number of nitrogen functional groups attached to an aromatic ring is 1. The Morgan fingerprint density at radius 3 is 2.94 bits per heavy atom. The Kier molecular flexibility index (Phi) is 3.36. The van der Waals surface area contributed by atoms with Crippen molar-refractivity contribution in [2.24, 2.45) is 0 Å². The fourth-order valence-electron chi connectivity index (χ4n) is 1.85. The normalized spacial score (nSPS) is 26.9. The van der Waals surface area contributed by atoms with Gasteiger partial charge in [0.05, 0.1) is 30.8 Å². The summed E-state index contributed by atoms with van der Waals surface area (Å²) in [6.45, 7) is 6.78. The van der Waals surface area contributed by atoms with E-state index in [-0.39, 0.29) is 6.10 Å². The van der Waals surface area contributed by atoms with Crippen molar-refractivity contribution in [3.8, 4) is 0 Å². The number of ether oxygens (including phenoxy) is 1. The molecular weight excluding hydrogens is 204 g/mol. The van der Waals surface area contributed by atoms with E-state index in [1.807, 2.05) is 0 Å². The number of nitrogens with zero attached hydrogens (tertiary/aromatic N) is 3. The number of hydrogen-bond donors (Lipinski definition) is 1. The summed E-state index contributed by atoms with van der Waals surface area (Å²) in [5, 5.41) is 0. The van der Waals surface area contributed by atoms with Crippen molar-refractivity contribution >= 4 is 5.82 Å². The molecule has 1 aromatic rings. The van der Waals surface area contributed by atoms with Crippen LogP contribution in [0.5, 0.6) is 0 Å². The smallest absolute Gasteiger partial charge is 0.141 e. The molecule has 88 valence electrons. The predicted octanol–water partition coefficient (Wildman–Crippen LogP) is 0.668. The first-order chi connectivity index (χ1) is 7.65. The third-order valence-corrected chi connectivity index (χ3v) is 2.83. The Hall–Kier alpha value is -1.20. The summed E-state index contributed by atoms with van der Waals surface area (Å²) in [6, 6.07) is 0.426. The van der Waals surface area contributed by atoms with Crippen LogP contribution < -0.4 is 5.73 Å². The molecule has 1 aliphatic heterocycles. The summed E-state index contributed by atoms with van der Waals surface area (Å²) in [5.41, 5.74) is 6.46. The van der Waals surface area contributed by atoms with Crippen LogP contribution in [-0.2, 0) is 11.3 Å². The zero-order valence-corrected chi connectivity index (χ0v) is 9.76. The van der Waals surface area contributed by atoms with Gasteiger partial charge in [-0.2, -0.15) is 0 Å². The van der Waals surface area contributed by atoms with Crippen LogP contribution in [0.1, 0.15) is 19.5 Å². The van der Waals surface area contributed by atoms with Crippen molar-refractivity contribution in [3.05, 3.63) is 18.1 Å². The molecule has 1 fully saturated rings. The Balaban J connectivity index is 2.00. The lowest BCUT2D eigenvalue weighted by Gasteiger charge is -2.36. The largest absolute Gasteiger partial charge is 0.382 e. The van der Waals surface area contributed by atoms with Gasteiger partial charge in [-0.05, 0) is 13.8 Å². The maximum absolute atomic E-state index is 5.58. The summed E-state index contributed by atoms with van der Waals surface area (Å²) < 4.78 is 5.58. The first kappa shape index (κ1) is 11.3. The Labute approximate surface area is 95.6 Å². The van der Waals surface area contributed by atoms with Crippen LogP contribution in [0.4, 0.5) is 5.82 Å². The van der Waals surface area contributed by atoms with Gasteiger partial charge in [0.2, 0.25) is 0 Å². The quantitative estimate of drug-likeness (QED) is 0.796. The van der Waals surface area contributed by atoms with E-state index in [2.05, 4.69) is 28.7 Å². The maximum Gasteiger partial charge on any atom is 0.141 e. The fraction of sp³-hybridized carbons (Fsp3) is 0.636. The van der Waals surface area contributed by atoms with Crippen LogP contribution in [0.2, 0.25) is 0 Å². The van der Waals surface area contributed by atoms with Crippen molar-refractivity contribution < 1.29 is 4.74 Å². The molecule has 0 saturated carbocycles. The van der Waals surface area contributed by atoms with Crippen LogP contribution >= 0.6 is 0 Å². The first-order valence-corrected chi connectivity index (χ1v) is 5.57. The van der Waals surface area contributed by atoms with E-state index in [9.17, 15) is 0 Å². The van der Waals surface area contributed by atoms with Crippen LogP contribution in [-0.4, -0.2) is 40.2 Å². The Morgan fingerprint density at radius 2 is 2.25 bits per heavy atom. The average molecular weight is 222 g/mol. The fourth-order valence-corrected chi connectivity index (χ4v) is 1.85. The summed E-state index contributed by atoms with van der Waals surface area (Å²) >= 11 is 0. The summed E-state index contributed by atoms with van der Waals surface area (Å²) in [6.07, 6.45) is 3.63. The molecular formula is C11H18N4O. The molecule has 1 aliphatic rings. The van der Waals surface area contributed by atoms with Gasteiger partial charge >= 0.3 is 0 Å². The standard InChI is InChI=1S/C11H18N4O/c1-8-7-16-9(2)5-15(8)6-10-3-14-11(12)4-13-10/h3-4,8-9H,5-7H2,1-2H3,(H2,12,14). The van der Waals surface area contributed by atoms with Gasteiger partial charge in [0.1, 0.15) is 5.82 Å². The molecule has 2 N–H and O–H groups in total. The lowest BCUT2D eigenvalue weighted by molar-refractivity contribution is -0.0530. The molecule has 2 rings (SSSR count). The van der Waals surface area contributed by atoms with Crippen LogP contribution in [0, 0.1) is 0 Å². The summed E-state index contributed by atoms with van der Waals surface area (Å²) in [7, 11) is 0. The molecule has 0 aliphatic carbocycles. The highest BCUT2D eigenvalue weighted by Gasteiger charge is 2.23. The number of anilines is 1. The topological polar surface area (TPSA) is 64.3 Å². The van der Waals surface area contributed by atoms with Crippen LogP contribution in [0.3, 0.4) is 0 Å². The third kappa shape index (κ3) is 2.68. The lowest BCUT2D eigenvalue weighted by Crippen LogP contribution is -2.46. The minimum absolute atomic E-state index is 0.290. The summed E-state index contributed by atoms with van der Waals surface area (Å²) in [4.78, 5) is 10.7. The number of rotatable bonds is 2. The van der Waals surface area contributed by atoms with Gasteiger partial charge < -0.3 is 10.5 Å². The predicted molar refractivity (Wildman–Crippen MR) is 61.7 cm³/mol.